The fraction of sp³-hybridized carbons (Fsp3) is 0.263. The molecule has 0 fully saturated rings. The van der Waals surface area contributed by atoms with Crippen molar-refractivity contribution in [2.75, 3.05) is 0 Å². The van der Waals surface area contributed by atoms with E-state index in [0.717, 1.165) is 16.7 Å². The molecule has 0 saturated heterocycles. The molecule has 2 rings (SSSR count). The van der Waals surface area contributed by atoms with Crippen LogP contribution in [0.15, 0.2) is 24.3 Å². The van der Waals surface area contributed by atoms with Crippen molar-refractivity contribution in [3.8, 4) is 17.2 Å². The molecule has 0 bridgehead atoms. The summed E-state index contributed by atoms with van der Waals surface area (Å²) in [6, 6.07) is 8.29. The summed E-state index contributed by atoms with van der Waals surface area (Å²) >= 11 is 0. The number of aryl methyl sites for hydroxylation is 1. The summed E-state index contributed by atoms with van der Waals surface area (Å²) in [6.07, 6.45) is -0.380. The van der Waals surface area contributed by atoms with E-state index in [1.54, 1.807) is 0 Å². The highest BCUT2D eigenvalue weighted by molar-refractivity contribution is 5.77. The first-order valence-electron chi connectivity index (χ1n) is 7.55. The van der Waals surface area contributed by atoms with Gasteiger partial charge in [-0.15, -0.1) is 0 Å². The van der Waals surface area contributed by atoms with Gasteiger partial charge in [-0.1, -0.05) is 18.2 Å². The summed E-state index contributed by atoms with van der Waals surface area (Å²) in [5.41, 5.74) is 9.84. The number of benzene rings is 2. The summed E-state index contributed by atoms with van der Waals surface area (Å²) in [6.45, 7) is 5.40. The Morgan fingerprint density at radius 2 is 1.96 bits per heavy atom. The Labute approximate surface area is 140 Å². The maximum absolute atomic E-state index is 14.6. The van der Waals surface area contributed by atoms with E-state index in [9.17, 15) is 14.4 Å². The topological polar surface area (TPSA) is 87.1 Å². The van der Waals surface area contributed by atoms with Gasteiger partial charge in [0.05, 0.1) is 12.0 Å². The monoisotopic (exact) mass is 326 g/mol. The Hall–Kier alpha value is -2.71. The molecule has 0 aliphatic heterocycles. The summed E-state index contributed by atoms with van der Waals surface area (Å²) in [4.78, 5) is 10.9. The summed E-state index contributed by atoms with van der Waals surface area (Å²) in [5, 5.41) is 18.4. The minimum Gasteiger partial charge on any atom is -0.481 e. The largest absolute Gasteiger partial charge is 0.481 e. The zero-order valence-corrected chi connectivity index (χ0v) is 13.9. The average molecular weight is 326 g/mol. The molecule has 0 spiro atoms. The fourth-order valence-electron chi connectivity index (χ4n) is 2.79. The number of hydrogen-bond donors (Lipinski definition) is 2. The van der Waals surface area contributed by atoms with Crippen LogP contribution in [-0.2, 0) is 4.79 Å². The van der Waals surface area contributed by atoms with Crippen LogP contribution in [0.3, 0.4) is 0 Å². The van der Waals surface area contributed by atoms with Crippen molar-refractivity contribution < 1.29 is 14.3 Å². The van der Waals surface area contributed by atoms with E-state index in [0.29, 0.717) is 5.56 Å². The Morgan fingerprint density at radius 3 is 2.54 bits per heavy atom. The van der Waals surface area contributed by atoms with Gasteiger partial charge in [0.25, 0.3) is 0 Å². The first kappa shape index (κ1) is 17.6. The van der Waals surface area contributed by atoms with Crippen molar-refractivity contribution in [2.24, 2.45) is 5.73 Å². The highest BCUT2D eigenvalue weighted by atomic mass is 19.1. The van der Waals surface area contributed by atoms with E-state index in [-0.39, 0.29) is 23.1 Å². The molecule has 0 aliphatic carbocycles. The minimum atomic E-state index is -1.10. The van der Waals surface area contributed by atoms with Crippen LogP contribution in [0.1, 0.15) is 40.3 Å². The molecule has 5 heteroatoms. The number of nitriles is 1. The van der Waals surface area contributed by atoms with Gasteiger partial charge in [-0.2, -0.15) is 5.26 Å². The average Bonchev–Trinajstić information content (AvgIpc) is 2.51. The number of rotatable bonds is 4. The highest BCUT2D eigenvalue weighted by Gasteiger charge is 2.22. The third-order valence-corrected chi connectivity index (χ3v) is 4.33. The van der Waals surface area contributed by atoms with Gasteiger partial charge >= 0.3 is 5.97 Å². The van der Waals surface area contributed by atoms with Crippen LogP contribution >= 0.6 is 0 Å². The molecule has 0 saturated carbocycles. The number of aliphatic carboxylic acids is 1. The Kier molecular flexibility index (Phi) is 5.01. The lowest BCUT2D eigenvalue weighted by Gasteiger charge is -2.18. The number of halogens is 1. The lowest BCUT2D eigenvalue weighted by Crippen LogP contribution is -2.17. The molecule has 0 radical (unpaired) electrons. The number of hydrogen-bond acceptors (Lipinski definition) is 3. The predicted molar refractivity (Wildman–Crippen MR) is 89.9 cm³/mol. The number of carboxylic acids is 1. The van der Waals surface area contributed by atoms with Crippen molar-refractivity contribution >= 4 is 5.97 Å². The Balaban J connectivity index is 2.76. The predicted octanol–water partition coefficient (Wildman–Crippen LogP) is 3.76. The van der Waals surface area contributed by atoms with Gasteiger partial charge < -0.3 is 10.8 Å². The molecular weight excluding hydrogens is 307 g/mol. The van der Waals surface area contributed by atoms with E-state index in [1.807, 2.05) is 32.0 Å². The van der Waals surface area contributed by atoms with Gasteiger partial charge in [-0.05, 0) is 43.5 Å². The zero-order valence-electron chi connectivity index (χ0n) is 13.9. The van der Waals surface area contributed by atoms with Crippen LogP contribution in [0.2, 0.25) is 0 Å². The number of nitrogens with two attached hydrogens (primary N) is 1. The molecule has 2 aromatic rings. The number of nitrogens with zero attached hydrogens (tertiary/aromatic N) is 1. The van der Waals surface area contributed by atoms with Gasteiger partial charge in [-0.25, -0.2) is 4.39 Å². The van der Waals surface area contributed by atoms with Gasteiger partial charge in [0.1, 0.15) is 11.9 Å². The van der Waals surface area contributed by atoms with Crippen molar-refractivity contribution in [3.05, 3.63) is 57.9 Å². The van der Waals surface area contributed by atoms with Gasteiger partial charge in [-0.3, -0.25) is 4.79 Å². The zero-order chi connectivity index (χ0) is 18.0. The van der Waals surface area contributed by atoms with Crippen molar-refractivity contribution in [2.45, 2.75) is 33.2 Å². The molecule has 0 aliphatic rings. The summed E-state index contributed by atoms with van der Waals surface area (Å²) in [5.74, 6) is -1.72. The van der Waals surface area contributed by atoms with Crippen LogP contribution in [0.25, 0.3) is 11.1 Å². The van der Waals surface area contributed by atoms with E-state index >= 15 is 0 Å². The second kappa shape index (κ2) is 6.81. The van der Waals surface area contributed by atoms with Crippen LogP contribution in [0.5, 0.6) is 0 Å². The van der Waals surface area contributed by atoms with Gasteiger partial charge in [0.2, 0.25) is 0 Å². The number of carbonyl (C=O) groups is 1. The maximum Gasteiger partial charge on any atom is 0.305 e. The van der Waals surface area contributed by atoms with Crippen LogP contribution in [0.4, 0.5) is 4.39 Å². The Morgan fingerprint density at radius 1 is 1.29 bits per heavy atom. The third kappa shape index (κ3) is 3.15. The van der Waals surface area contributed by atoms with Crippen LogP contribution < -0.4 is 5.73 Å². The van der Waals surface area contributed by atoms with Crippen molar-refractivity contribution in [1.82, 2.24) is 0 Å². The minimum absolute atomic E-state index is 0.116. The highest BCUT2D eigenvalue weighted by Crippen LogP contribution is 2.34. The molecule has 0 amide bonds. The fourth-order valence-corrected chi connectivity index (χ4v) is 2.79. The molecule has 24 heavy (non-hydrogen) atoms. The lowest BCUT2D eigenvalue weighted by atomic mass is 9.88. The quantitative estimate of drug-likeness (QED) is 0.895. The Bertz CT molecular complexity index is 853. The molecule has 2 aromatic carbocycles. The summed E-state index contributed by atoms with van der Waals surface area (Å²) < 4.78 is 14.6. The maximum atomic E-state index is 14.6. The SMILES string of the molecule is Cc1cccc(-c2cc(C(N)CC(=O)O)c(F)c(C)c2C#N)c1C. The second-order valence-electron chi connectivity index (χ2n) is 5.89. The molecule has 3 N–H and O–H groups in total. The van der Waals surface area contributed by atoms with E-state index < -0.39 is 17.8 Å². The normalized spacial score (nSPS) is 11.8. The first-order valence-corrected chi connectivity index (χ1v) is 7.55. The van der Waals surface area contributed by atoms with E-state index in [4.69, 9.17) is 10.8 Å². The lowest BCUT2D eigenvalue weighted by molar-refractivity contribution is -0.137. The molecule has 124 valence electrons. The van der Waals surface area contributed by atoms with Crippen molar-refractivity contribution in [3.63, 3.8) is 0 Å². The molecule has 4 nitrogen and oxygen atoms in total. The van der Waals surface area contributed by atoms with Crippen LogP contribution in [-0.4, -0.2) is 11.1 Å². The van der Waals surface area contributed by atoms with Crippen LogP contribution in [0, 0.1) is 37.9 Å². The van der Waals surface area contributed by atoms with E-state index in [1.165, 1.54) is 13.0 Å². The molecule has 0 aromatic heterocycles. The standard InChI is InChI=1S/C19H19FN2O2/c1-10-5-4-6-13(11(10)2)14-7-15(17(22)8-18(23)24)19(20)12(3)16(14)9-21/h4-7,17H,8,22H2,1-3H3,(H,23,24). The third-order valence-electron chi connectivity index (χ3n) is 4.33. The second-order valence-corrected chi connectivity index (χ2v) is 5.89. The molecule has 1 atom stereocenters. The summed E-state index contributed by atoms with van der Waals surface area (Å²) in [7, 11) is 0. The first-order chi connectivity index (χ1) is 11.3. The molecular formula is C19H19FN2O2. The van der Waals surface area contributed by atoms with Gasteiger partial charge in [0, 0.05) is 22.7 Å². The van der Waals surface area contributed by atoms with Crippen molar-refractivity contribution in [1.29, 1.82) is 5.26 Å². The smallest absolute Gasteiger partial charge is 0.305 e. The molecule has 0 heterocycles. The van der Waals surface area contributed by atoms with E-state index in [2.05, 4.69) is 6.07 Å². The van der Waals surface area contributed by atoms with Gasteiger partial charge in [0.15, 0.2) is 0 Å². The molecule has 1 unspecified atom stereocenters. The number of carboxylic acid groups (broad SMARTS) is 1.